The number of alkyl halides is 1. The summed E-state index contributed by atoms with van der Waals surface area (Å²) >= 11 is 3.41. The molecule has 2 nitrogen and oxygen atoms in total. The number of para-hydroxylation sites is 1. The molecule has 0 amide bonds. The molecule has 1 N–H and O–H groups in total. The van der Waals surface area contributed by atoms with Crippen molar-refractivity contribution in [3.63, 3.8) is 0 Å². The zero-order valence-electron chi connectivity index (χ0n) is 8.63. The standard InChI is InChI=1S/C12H13BrN2/c1-9-8-12(14-7-6-13)10-4-2-3-5-11(10)15-9/h2-5,8H,6-7H2,1H3,(H,14,15). The Bertz CT molecular complexity index is 468. The number of hydrogen-bond acceptors (Lipinski definition) is 2. The normalized spacial score (nSPS) is 10.5. The van der Waals surface area contributed by atoms with Crippen LogP contribution >= 0.6 is 15.9 Å². The smallest absolute Gasteiger partial charge is 0.0725 e. The molecule has 0 aliphatic rings. The highest BCUT2D eigenvalue weighted by Gasteiger charge is 2.01. The minimum atomic E-state index is 0.924. The summed E-state index contributed by atoms with van der Waals surface area (Å²) in [5.41, 5.74) is 3.26. The summed E-state index contributed by atoms with van der Waals surface area (Å²) in [5.74, 6) is 0. The second-order valence-electron chi connectivity index (χ2n) is 3.44. The number of anilines is 1. The Hall–Kier alpha value is -1.09. The Morgan fingerprint density at radius 2 is 2.13 bits per heavy atom. The van der Waals surface area contributed by atoms with Gasteiger partial charge in [0, 0.05) is 28.6 Å². The molecule has 78 valence electrons. The second-order valence-corrected chi connectivity index (χ2v) is 4.24. The number of nitrogens with one attached hydrogen (secondary N) is 1. The van der Waals surface area contributed by atoms with Crippen molar-refractivity contribution in [2.45, 2.75) is 6.92 Å². The maximum atomic E-state index is 4.49. The van der Waals surface area contributed by atoms with E-state index in [0.717, 1.165) is 28.8 Å². The Morgan fingerprint density at radius 1 is 1.33 bits per heavy atom. The Balaban J connectivity index is 2.50. The summed E-state index contributed by atoms with van der Waals surface area (Å²) in [6.45, 7) is 2.94. The van der Waals surface area contributed by atoms with Crippen molar-refractivity contribution in [2.24, 2.45) is 0 Å². The lowest BCUT2D eigenvalue weighted by Crippen LogP contribution is -2.03. The molecule has 0 saturated heterocycles. The molecule has 2 rings (SSSR count). The largest absolute Gasteiger partial charge is 0.384 e. The number of aryl methyl sites for hydroxylation is 1. The molecule has 0 atom stereocenters. The number of hydrogen-bond donors (Lipinski definition) is 1. The molecule has 0 unspecified atom stereocenters. The van der Waals surface area contributed by atoms with Crippen molar-refractivity contribution in [1.29, 1.82) is 0 Å². The molecule has 1 aromatic heterocycles. The van der Waals surface area contributed by atoms with Gasteiger partial charge < -0.3 is 5.32 Å². The molecule has 1 aromatic carbocycles. The van der Waals surface area contributed by atoms with Gasteiger partial charge in [-0.15, -0.1) is 0 Å². The van der Waals surface area contributed by atoms with Gasteiger partial charge in [-0.3, -0.25) is 4.98 Å². The quantitative estimate of drug-likeness (QED) is 0.861. The number of aromatic nitrogens is 1. The SMILES string of the molecule is Cc1cc(NCCBr)c2ccccc2n1. The summed E-state index contributed by atoms with van der Waals surface area (Å²) in [6, 6.07) is 10.3. The highest BCUT2D eigenvalue weighted by molar-refractivity contribution is 9.09. The van der Waals surface area contributed by atoms with Crippen LogP contribution in [0.3, 0.4) is 0 Å². The van der Waals surface area contributed by atoms with E-state index in [4.69, 9.17) is 0 Å². The third-order valence-corrected chi connectivity index (χ3v) is 2.65. The maximum Gasteiger partial charge on any atom is 0.0725 e. The first-order valence-corrected chi connectivity index (χ1v) is 6.09. The number of pyridine rings is 1. The molecular formula is C12H13BrN2. The highest BCUT2D eigenvalue weighted by atomic mass is 79.9. The number of rotatable bonds is 3. The van der Waals surface area contributed by atoms with Crippen LogP contribution in [0.15, 0.2) is 30.3 Å². The van der Waals surface area contributed by atoms with E-state index in [0.29, 0.717) is 0 Å². The number of fused-ring (bicyclic) bond motifs is 1. The zero-order chi connectivity index (χ0) is 10.7. The van der Waals surface area contributed by atoms with Crippen LogP contribution in [-0.2, 0) is 0 Å². The Morgan fingerprint density at radius 3 is 2.93 bits per heavy atom. The fourth-order valence-corrected chi connectivity index (χ4v) is 1.83. The third-order valence-electron chi connectivity index (χ3n) is 2.25. The molecule has 0 spiro atoms. The summed E-state index contributed by atoms with van der Waals surface area (Å²) in [7, 11) is 0. The first-order chi connectivity index (χ1) is 7.31. The fraction of sp³-hybridized carbons (Fsp3) is 0.250. The van der Waals surface area contributed by atoms with Gasteiger partial charge in [-0.05, 0) is 19.1 Å². The van der Waals surface area contributed by atoms with Crippen molar-refractivity contribution < 1.29 is 0 Å². The van der Waals surface area contributed by atoms with E-state index in [-0.39, 0.29) is 0 Å². The molecule has 3 heteroatoms. The lowest BCUT2D eigenvalue weighted by Gasteiger charge is -2.09. The highest BCUT2D eigenvalue weighted by Crippen LogP contribution is 2.22. The summed E-state index contributed by atoms with van der Waals surface area (Å²) in [6.07, 6.45) is 0. The minimum Gasteiger partial charge on any atom is -0.384 e. The molecule has 0 bridgehead atoms. The molecular weight excluding hydrogens is 252 g/mol. The van der Waals surface area contributed by atoms with Gasteiger partial charge in [0.2, 0.25) is 0 Å². The summed E-state index contributed by atoms with van der Waals surface area (Å²) in [5, 5.41) is 5.52. The van der Waals surface area contributed by atoms with Crippen LogP contribution in [0.1, 0.15) is 5.69 Å². The Kier molecular flexibility index (Phi) is 3.21. The van der Waals surface area contributed by atoms with E-state index in [1.54, 1.807) is 0 Å². The van der Waals surface area contributed by atoms with Crippen molar-refractivity contribution in [3.8, 4) is 0 Å². The lowest BCUT2D eigenvalue weighted by atomic mass is 10.1. The van der Waals surface area contributed by atoms with Crippen molar-refractivity contribution in [2.75, 3.05) is 17.2 Å². The van der Waals surface area contributed by atoms with Crippen molar-refractivity contribution >= 4 is 32.5 Å². The first kappa shape index (κ1) is 10.4. The van der Waals surface area contributed by atoms with E-state index < -0.39 is 0 Å². The lowest BCUT2D eigenvalue weighted by molar-refractivity contribution is 1.21. The predicted octanol–water partition coefficient (Wildman–Crippen LogP) is 3.35. The zero-order valence-corrected chi connectivity index (χ0v) is 10.2. The van der Waals surface area contributed by atoms with Crippen LogP contribution in [0.4, 0.5) is 5.69 Å². The van der Waals surface area contributed by atoms with Gasteiger partial charge in [0.25, 0.3) is 0 Å². The van der Waals surface area contributed by atoms with Crippen LogP contribution < -0.4 is 5.32 Å². The molecule has 0 saturated carbocycles. The average Bonchev–Trinajstić information content (AvgIpc) is 2.25. The molecule has 0 aliphatic heterocycles. The summed E-state index contributed by atoms with van der Waals surface area (Å²) < 4.78 is 0. The molecule has 0 fully saturated rings. The Labute approximate surface area is 97.8 Å². The van der Waals surface area contributed by atoms with E-state index in [9.17, 15) is 0 Å². The van der Waals surface area contributed by atoms with Gasteiger partial charge >= 0.3 is 0 Å². The molecule has 15 heavy (non-hydrogen) atoms. The third kappa shape index (κ3) is 2.29. The molecule has 2 aromatic rings. The van der Waals surface area contributed by atoms with Crippen LogP contribution in [0.5, 0.6) is 0 Å². The molecule has 1 heterocycles. The van der Waals surface area contributed by atoms with Crippen LogP contribution in [0, 0.1) is 6.92 Å². The van der Waals surface area contributed by atoms with Gasteiger partial charge in [-0.2, -0.15) is 0 Å². The second kappa shape index (κ2) is 4.62. The van der Waals surface area contributed by atoms with E-state index in [2.05, 4.69) is 38.4 Å². The summed E-state index contributed by atoms with van der Waals surface area (Å²) in [4.78, 5) is 4.49. The van der Waals surface area contributed by atoms with Gasteiger partial charge in [-0.1, -0.05) is 34.1 Å². The maximum absolute atomic E-state index is 4.49. The first-order valence-electron chi connectivity index (χ1n) is 4.97. The van der Waals surface area contributed by atoms with E-state index >= 15 is 0 Å². The number of benzene rings is 1. The number of nitrogens with zero attached hydrogens (tertiary/aromatic N) is 1. The fourth-order valence-electron chi connectivity index (χ4n) is 1.64. The van der Waals surface area contributed by atoms with E-state index in [1.807, 2.05) is 25.1 Å². The van der Waals surface area contributed by atoms with Crippen LogP contribution in [0.2, 0.25) is 0 Å². The molecule has 0 aliphatic carbocycles. The van der Waals surface area contributed by atoms with Crippen molar-refractivity contribution in [3.05, 3.63) is 36.0 Å². The predicted molar refractivity (Wildman–Crippen MR) is 68.8 cm³/mol. The average molecular weight is 265 g/mol. The van der Waals surface area contributed by atoms with Gasteiger partial charge in [0.05, 0.1) is 5.52 Å². The van der Waals surface area contributed by atoms with Gasteiger partial charge in [0.15, 0.2) is 0 Å². The van der Waals surface area contributed by atoms with Crippen LogP contribution in [-0.4, -0.2) is 16.9 Å². The molecule has 0 radical (unpaired) electrons. The van der Waals surface area contributed by atoms with Crippen molar-refractivity contribution in [1.82, 2.24) is 4.98 Å². The topological polar surface area (TPSA) is 24.9 Å². The minimum absolute atomic E-state index is 0.924. The number of halogens is 1. The van der Waals surface area contributed by atoms with Gasteiger partial charge in [0.1, 0.15) is 0 Å². The van der Waals surface area contributed by atoms with Crippen LogP contribution in [0.25, 0.3) is 10.9 Å². The van der Waals surface area contributed by atoms with E-state index in [1.165, 1.54) is 5.39 Å². The monoisotopic (exact) mass is 264 g/mol. The van der Waals surface area contributed by atoms with Gasteiger partial charge in [-0.25, -0.2) is 0 Å².